The summed E-state index contributed by atoms with van der Waals surface area (Å²) in [6, 6.07) is 0. The molecule has 0 unspecified atom stereocenters. The largest absolute Gasteiger partial charge is 0.443 e. The third-order valence-electron chi connectivity index (χ3n) is 1.17. The maximum atomic E-state index is 10.8. The Morgan fingerprint density at radius 1 is 1.55 bits per heavy atom. The van der Waals surface area contributed by atoms with E-state index < -0.39 is 0 Å². The van der Waals surface area contributed by atoms with E-state index in [2.05, 4.69) is 31.9 Å². The predicted octanol–water partition coefficient (Wildman–Crippen LogP) is 2.59. The van der Waals surface area contributed by atoms with Crippen LogP contribution >= 0.6 is 31.9 Å². The maximum absolute atomic E-state index is 10.8. The molecule has 0 atom stereocenters. The number of Topliss-reactive ketones (excluding diaryl/α,β-unsaturated/α-hetero) is 1. The lowest BCUT2D eigenvalue weighted by Gasteiger charge is -1.88. The topological polar surface area (TPSA) is 56.2 Å². The molecule has 1 rings (SSSR count). The highest BCUT2D eigenvalue weighted by Crippen LogP contribution is 2.34. The average Bonchev–Trinajstić information content (AvgIpc) is 2.17. The number of anilines is 1. The molecule has 0 amide bonds. The van der Waals surface area contributed by atoms with Crippen molar-refractivity contribution in [1.29, 1.82) is 0 Å². The molecule has 0 bridgehead atoms. The number of hydrogen-bond acceptors (Lipinski definition) is 3. The van der Waals surface area contributed by atoms with Crippen molar-refractivity contribution in [2.45, 2.75) is 6.92 Å². The van der Waals surface area contributed by atoms with Crippen LogP contribution in [0.4, 0.5) is 5.69 Å². The molecular formula is C6H5Br2NO2. The van der Waals surface area contributed by atoms with Crippen molar-refractivity contribution in [3.05, 3.63) is 14.9 Å². The van der Waals surface area contributed by atoms with Crippen molar-refractivity contribution in [2.24, 2.45) is 0 Å². The minimum absolute atomic E-state index is 0.184. The SMILES string of the molecule is CC(=O)c1oc(Br)c(Br)c1N. The molecule has 1 heterocycles. The van der Waals surface area contributed by atoms with Gasteiger partial charge in [0, 0.05) is 6.92 Å². The van der Waals surface area contributed by atoms with Gasteiger partial charge in [-0.05, 0) is 31.9 Å². The van der Waals surface area contributed by atoms with Gasteiger partial charge in [-0.3, -0.25) is 4.79 Å². The monoisotopic (exact) mass is 281 g/mol. The summed E-state index contributed by atoms with van der Waals surface area (Å²) >= 11 is 6.24. The zero-order chi connectivity index (χ0) is 8.59. The second-order valence-corrected chi connectivity index (χ2v) is 3.50. The molecule has 0 aliphatic heterocycles. The molecule has 0 aromatic carbocycles. The standard InChI is InChI=1S/C6H5Br2NO2/c1-2(10)5-4(9)3(7)6(8)11-5/h9H2,1H3. The molecule has 60 valence electrons. The van der Waals surface area contributed by atoms with Crippen LogP contribution in [0.2, 0.25) is 0 Å². The van der Waals surface area contributed by atoms with Crippen LogP contribution in [-0.4, -0.2) is 5.78 Å². The van der Waals surface area contributed by atoms with E-state index in [0.29, 0.717) is 14.8 Å². The van der Waals surface area contributed by atoms with Crippen LogP contribution in [0.1, 0.15) is 17.5 Å². The van der Waals surface area contributed by atoms with Crippen LogP contribution in [0.3, 0.4) is 0 Å². The fourth-order valence-electron chi connectivity index (χ4n) is 0.656. The molecule has 0 spiro atoms. The van der Waals surface area contributed by atoms with Gasteiger partial charge in [-0.25, -0.2) is 0 Å². The number of rotatable bonds is 1. The Bertz CT molecular complexity index is 306. The first kappa shape index (κ1) is 8.80. The highest BCUT2D eigenvalue weighted by atomic mass is 79.9. The summed E-state index contributed by atoms with van der Waals surface area (Å²) in [6.07, 6.45) is 0. The van der Waals surface area contributed by atoms with Gasteiger partial charge in [-0.2, -0.15) is 0 Å². The van der Waals surface area contributed by atoms with E-state index in [9.17, 15) is 4.79 Å². The molecule has 2 N–H and O–H groups in total. The van der Waals surface area contributed by atoms with Crippen LogP contribution in [0.5, 0.6) is 0 Å². The van der Waals surface area contributed by atoms with E-state index in [1.807, 2.05) is 0 Å². The number of furan rings is 1. The van der Waals surface area contributed by atoms with Crippen molar-refractivity contribution in [2.75, 3.05) is 5.73 Å². The number of carbonyl (C=O) groups is 1. The molecule has 0 radical (unpaired) electrons. The van der Waals surface area contributed by atoms with Gasteiger partial charge in [0.1, 0.15) is 0 Å². The second-order valence-electron chi connectivity index (χ2n) is 1.99. The van der Waals surface area contributed by atoms with E-state index in [-0.39, 0.29) is 11.5 Å². The summed E-state index contributed by atoms with van der Waals surface area (Å²) in [5.74, 6) is -0.00218. The lowest BCUT2D eigenvalue weighted by Crippen LogP contribution is -1.94. The first-order valence-electron chi connectivity index (χ1n) is 2.78. The summed E-state index contributed by atoms with van der Waals surface area (Å²) < 4.78 is 6.03. The van der Waals surface area contributed by atoms with Gasteiger partial charge in [-0.1, -0.05) is 0 Å². The van der Waals surface area contributed by atoms with Crippen LogP contribution in [-0.2, 0) is 0 Å². The van der Waals surface area contributed by atoms with Gasteiger partial charge in [0.15, 0.2) is 16.2 Å². The molecule has 3 nitrogen and oxygen atoms in total. The first-order chi connectivity index (χ1) is 5.04. The molecule has 0 aliphatic carbocycles. The molecule has 0 aliphatic rings. The van der Waals surface area contributed by atoms with E-state index in [0.717, 1.165) is 0 Å². The highest BCUT2D eigenvalue weighted by Gasteiger charge is 2.16. The van der Waals surface area contributed by atoms with E-state index in [1.54, 1.807) is 0 Å². The van der Waals surface area contributed by atoms with Crippen LogP contribution in [0.25, 0.3) is 0 Å². The van der Waals surface area contributed by atoms with Gasteiger partial charge in [0.05, 0.1) is 10.2 Å². The van der Waals surface area contributed by atoms with Gasteiger partial charge in [0.2, 0.25) is 0 Å². The Labute approximate surface area is 80.2 Å². The van der Waals surface area contributed by atoms with Gasteiger partial charge in [0.25, 0.3) is 0 Å². The fourth-order valence-corrected chi connectivity index (χ4v) is 1.29. The average molecular weight is 283 g/mol. The maximum Gasteiger partial charge on any atom is 0.197 e. The molecule has 1 aromatic rings. The van der Waals surface area contributed by atoms with Crippen molar-refractivity contribution < 1.29 is 9.21 Å². The summed E-state index contributed by atoms with van der Waals surface area (Å²) in [6.45, 7) is 1.40. The number of halogens is 2. The molecule has 1 aromatic heterocycles. The zero-order valence-corrected chi connectivity index (χ0v) is 8.82. The van der Waals surface area contributed by atoms with Crippen molar-refractivity contribution in [3.63, 3.8) is 0 Å². The summed E-state index contributed by atoms with van der Waals surface area (Å²) in [5.41, 5.74) is 5.85. The number of carbonyl (C=O) groups excluding carboxylic acids is 1. The van der Waals surface area contributed by atoms with E-state index in [4.69, 9.17) is 10.2 Å². The van der Waals surface area contributed by atoms with Crippen molar-refractivity contribution in [1.82, 2.24) is 0 Å². The molecule has 0 fully saturated rings. The summed E-state index contributed by atoms with van der Waals surface area (Å²) in [7, 11) is 0. The van der Waals surface area contributed by atoms with Gasteiger partial charge < -0.3 is 10.2 Å². The number of hydrogen-bond donors (Lipinski definition) is 1. The Balaban J connectivity index is 3.29. The summed E-state index contributed by atoms with van der Waals surface area (Å²) in [5, 5.41) is 0. The molecule has 5 heteroatoms. The van der Waals surface area contributed by atoms with E-state index in [1.165, 1.54) is 6.92 Å². The van der Waals surface area contributed by atoms with Crippen LogP contribution in [0.15, 0.2) is 13.6 Å². The van der Waals surface area contributed by atoms with Crippen LogP contribution in [0, 0.1) is 0 Å². The number of nitrogen functional groups attached to an aromatic ring is 1. The summed E-state index contributed by atoms with van der Waals surface area (Å²) in [4.78, 5) is 10.8. The second kappa shape index (κ2) is 2.98. The Hall–Kier alpha value is -0.290. The van der Waals surface area contributed by atoms with Crippen molar-refractivity contribution in [3.8, 4) is 0 Å². The first-order valence-corrected chi connectivity index (χ1v) is 4.37. The molecule has 11 heavy (non-hydrogen) atoms. The third-order valence-corrected chi connectivity index (χ3v) is 3.04. The van der Waals surface area contributed by atoms with Gasteiger partial charge >= 0.3 is 0 Å². The van der Waals surface area contributed by atoms with Gasteiger partial charge in [-0.15, -0.1) is 0 Å². The molecule has 0 saturated carbocycles. The lowest BCUT2D eigenvalue weighted by molar-refractivity contribution is 0.0987. The Kier molecular flexibility index (Phi) is 2.39. The number of ketones is 1. The lowest BCUT2D eigenvalue weighted by atomic mass is 10.3. The Morgan fingerprint density at radius 3 is 2.27 bits per heavy atom. The van der Waals surface area contributed by atoms with Crippen LogP contribution < -0.4 is 5.73 Å². The molecule has 0 saturated heterocycles. The minimum atomic E-state index is -0.186. The predicted molar refractivity (Wildman–Crippen MR) is 48.5 cm³/mol. The molecular weight excluding hydrogens is 278 g/mol. The highest BCUT2D eigenvalue weighted by molar-refractivity contribution is 9.13. The quantitative estimate of drug-likeness (QED) is 0.806. The minimum Gasteiger partial charge on any atom is -0.443 e. The van der Waals surface area contributed by atoms with E-state index >= 15 is 0 Å². The number of nitrogens with two attached hydrogens (primary N) is 1. The zero-order valence-electron chi connectivity index (χ0n) is 5.65. The third kappa shape index (κ3) is 1.49. The van der Waals surface area contributed by atoms with Crippen molar-refractivity contribution >= 4 is 43.3 Å². The fraction of sp³-hybridized carbons (Fsp3) is 0.167. The smallest absolute Gasteiger partial charge is 0.197 e. The Morgan fingerprint density at radius 2 is 2.09 bits per heavy atom. The normalized spacial score (nSPS) is 10.1.